The van der Waals surface area contributed by atoms with Crippen molar-refractivity contribution in [3.8, 4) is 0 Å². The van der Waals surface area contributed by atoms with Crippen molar-refractivity contribution >= 4 is 21.7 Å². The van der Waals surface area contributed by atoms with E-state index < -0.39 is 0 Å². The van der Waals surface area contributed by atoms with Gasteiger partial charge in [0.2, 0.25) is 0 Å². The first kappa shape index (κ1) is 14.8. The predicted octanol–water partition coefficient (Wildman–Crippen LogP) is 3.37. The molecular weight excluding hydrogens is 302 g/mol. The summed E-state index contributed by atoms with van der Waals surface area (Å²) in [5.74, 6) is 1.93. The molecule has 0 bridgehead atoms. The zero-order valence-electron chi connectivity index (χ0n) is 12.0. The predicted molar refractivity (Wildman–Crippen MR) is 84.8 cm³/mol. The van der Waals surface area contributed by atoms with E-state index in [1.54, 1.807) is 0 Å². The Labute approximate surface area is 124 Å². The van der Waals surface area contributed by atoms with Gasteiger partial charge in [0.25, 0.3) is 0 Å². The normalized spacial score (nSPS) is 16.6. The molecular formula is C15H24BrN3. The maximum atomic E-state index is 4.59. The lowest BCUT2D eigenvalue weighted by Crippen LogP contribution is -2.37. The fraction of sp³-hybridized carbons (Fsp3) is 0.667. The van der Waals surface area contributed by atoms with E-state index in [9.17, 15) is 0 Å². The van der Waals surface area contributed by atoms with E-state index in [0.717, 1.165) is 42.4 Å². The Hall–Kier alpha value is -0.610. The van der Waals surface area contributed by atoms with Crippen LogP contribution < -0.4 is 10.2 Å². The van der Waals surface area contributed by atoms with Crippen LogP contribution in [-0.4, -0.2) is 31.2 Å². The zero-order valence-corrected chi connectivity index (χ0v) is 13.5. The molecule has 1 aliphatic rings. The molecule has 19 heavy (non-hydrogen) atoms. The fourth-order valence-electron chi connectivity index (χ4n) is 2.64. The van der Waals surface area contributed by atoms with Crippen molar-refractivity contribution in [2.45, 2.75) is 33.1 Å². The summed E-state index contributed by atoms with van der Waals surface area (Å²) in [6.45, 7) is 8.93. The van der Waals surface area contributed by atoms with E-state index in [1.807, 2.05) is 6.20 Å². The van der Waals surface area contributed by atoms with Gasteiger partial charge in [0.1, 0.15) is 5.82 Å². The second kappa shape index (κ2) is 7.25. The molecule has 2 rings (SSSR count). The SMILES string of the molecule is CCCN(CC1CCNCC1)c1cc(C)c(Br)cn1. The maximum Gasteiger partial charge on any atom is 0.128 e. The first-order chi connectivity index (χ1) is 9.20. The highest BCUT2D eigenvalue weighted by atomic mass is 79.9. The molecule has 1 aliphatic heterocycles. The lowest BCUT2D eigenvalue weighted by atomic mass is 9.97. The van der Waals surface area contributed by atoms with Gasteiger partial charge < -0.3 is 10.2 Å². The van der Waals surface area contributed by atoms with Gasteiger partial charge in [-0.15, -0.1) is 0 Å². The molecule has 0 spiro atoms. The number of rotatable bonds is 5. The highest BCUT2D eigenvalue weighted by Crippen LogP contribution is 2.22. The first-order valence-electron chi connectivity index (χ1n) is 7.28. The topological polar surface area (TPSA) is 28.2 Å². The lowest BCUT2D eigenvalue weighted by Gasteiger charge is -2.31. The number of nitrogens with zero attached hydrogens (tertiary/aromatic N) is 2. The second-order valence-corrected chi connectivity index (χ2v) is 6.29. The summed E-state index contributed by atoms with van der Waals surface area (Å²) in [5, 5.41) is 3.44. The molecule has 0 atom stereocenters. The number of hydrogen-bond acceptors (Lipinski definition) is 3. The number of pyridine rings is 1. The molecule has 0 radical (unpaired) electrons. The second-order valence-electron chi connectivity index (χ2n) is 5.43. The van der Waals surface area contributed by atoms with E-state index in [2.05, 4.69) is 51.0 Å². The average molecular weight is 326 g/mol. The number of piperidine rings is 1. The van der Waals surface area contributed by atoms with E-state index in [-0.39, 0.29) is 0 Å². The van der Waals surface area contributed by atoms with E-state index >= 15 is 0 Å². The van der Waals surface area contributed by atoms with Gasteiger partial charge in [-0.1, -0.05) is 6.92 Å². The smallest absolute Gasteiger partial charge is 0.128 e. The van der Waals surface area contributed by atoms with Gasteiger partial charge >= 0.3 is 0 Å². The summed E-state index contributed by atoms with van der Waals surface area (Å²) in [6.07, 6.45) is 5.67. The lowest BCUT2D eigenvalue weighted by molar-refractivity contribution is 0.372. The molecule has 1 saturated heterocycles. The maximum absolute atomic E-state index is 4.59. The number of nitrogens with one attached hydrogen (secondary N) is 1. The molecule has 4 heteroatoms. The highest BCUT2D eigenvalue weighted by molar-refractivity contribution is 9.10. The minimum absolute atomic E-state index is 0.804. The van der Waals surface area contributed by atoms with Crippen molar-refractivity contribution in [2.75, 3.05) is 31.1 Å². The van der Waals surface area contributed by atoms with Crippen molar-refractivity contribution in [1.82, 2.24) is 10.3 Å². The molecule has 1 aromatic rings. The Morgan fingerprint density at radius 3 is 2.79 bits per heavy atom. The molecule has 2 heterocycles. The van der Waals surface area contributed by atoms with Crippen molar-refractivity contribution in [3.63, 3.8) is 0 Å². The van der Waals surface area contributed by atoms with E-state index in [4.69, 9.17) is 0 Å². The third-order valence-corrected chi connectivity index (χ3v) is 4.62. The molecule has 0 aliphatic carbocycles. The van der Waals surface area contributed by atoms with Crippen LogP contribution in [0.5, 0.6) is 0 Å². The first-order valence-corrected chi connectivity index (χ1v) is 8.07. The summed E-state index contributed by atoms with van der Waals surface area (Å²) in [4.78, 5) is 7.04. The van der Waals surface area contributed by atoms with E-state index in [0.29, 0.717) is 0 Å². The van der Waals surface area contributed by atoms with Gasteiger partial charge in [0.05, 0.1) is 0 Å². The summed E-state index contributed by atoms with van der Waals surface area (Å²) in [6, 6.07) is 2.20. The van der Waals surface area contributed by atoms with E-state index in [1.165, 1.54) is 24.8 Å². The van der Waals surface area contributed by atoms with Gasteiger partial charge in [-0.25, -0.2) is 4.98 Å². The molecule has 1 N–H and O–H groups in total. The van der Waals surface area contributed by atoms with Gasteiger partial charge in [-0.2, -0.15) is 0 Å². The largest absolute Gasteiger partial charge is 0.356 e. The number of hydrogen-bond donors (Lipinski definition) is 1. The summed E-state index contributed by atoms with van der Waals surface area (Å²) in [5.41, 5.74) is 1.26. The number of aromatic nitrogens is 1. The molecule has 0 aromatic carbocycles. The Balaban J connectivity index is 2.07. The van der Waals surface area contributed by atoms with Crippen LogP contribution in [-0.2, 0) is 0 Å². The Kier molecular flexibility index (Phi) is 5.64. The minimum Gasteiger partial charge on any atom is -0.356 e. The third-order valence-electron chi connectivity index (χ3n) is 3.79. The van der Waals surface area contributed by atoms with Crippen LogP contribution in [0.4, 0.5) is 5.82 Å². The molecule has 0 unspecified atom stereocenters. The fourth-order valence-corrected chi connectivity index (χ4v) is 2.86. The minimum atomic E-state index is 0.804. The van der Waals surface area contributed by atoms with Gasteiger partial charge in [-0.3, -0.25) is 0 Å². The van der Waals surface area contributed by atoms with Crippen LogP contribution >= 0.6 is 15.9 Å². The van der Waals surface area contributed by atoms with Crippen LogP contribution in [0.1, 0.15) is 31.7 Å². The molecule has 106 valence electrons. The van der Waals surface area contributed by atoms with Gasteiger partial charge in [-0.05, 0) is 72.8 Å². The zero-order chi connectivity index (χ0) is 13.7. The van der Waals surface area contributed by atoms with Crippen LogP contribution in [0.25, 0.3) is 0 Å². The standard InChI is InChI=1S/C15H24BrN3/c1-3-8-19(11-13-4-6-17-7-5-13)15-9-12(2)14(16)10-18-15/h9-10,13,17H,3-8,11H2,1-2H3. The summed E-state index contributed by atoms with van der Waals surface area (Å²) >= 11 is 3.53. The van der Waals surface area contributed by atoms with Crippen LogP contribution in [0.3, 0.4) is 0 Å². The van der Waals surface area contributed by atoms with Gasteiger partial charge in [0.15, 0.2) is 0 Å². The molecule has 0 saturated carbocycles. The summed E-state index contributed by atoms with van der Waals surface area (Å²) < 4.78 is 1.09. The molecule has 0 amide bonds. The van der Waals surface area contributed by atoms with Crippen molar-refractivity contribution in [1.29, 1.82) is 0 Å². The number of halogens is 1. The number of aryl methyl sites for hydroxylation is 1. The quantitative estimate of drug-likeness (QED) is 0.899. The van der Waals surface area contributed by atoms with Crippen LogP contribution in [0.2, 0.25) is 0 Å². The molecule has 3 nitrogen and oxygen atoms in total. The Bertz CT molecular complexity index is 402. The van der Waals surface area contributed by atoms with Crippen LogP contribution in [0.15, 0.2) is 16.7 Å². The molecule has 1 fully saturated rings. The Morgan fingerprint density at radius 1 is 1.42 bits per heavy atom. The number of anilines is 1. The monoisotopic (exact) mass is 325 g/mol. The van der Waals surface area contributed by atoms with Gasteiger partial charge in [0, 0.05) is 23.8 Å². The average Bonchev–Trinajstić information content (AvgIpc) is 2.43. The van der Waals surface area contributed by atoms with Crippen molar-refractivity contribution in [3.05, 3.63) is 22.3 Å². The summed E-state index contributed by atoms with van der Waals surface area (Å²) in [7, 11) is 0. The molecule has 1 aromatic heterocycles. The van der Waals surface area contributed by atoms with Crippen molar-refractivity contribution < 1.29 is 0 Å². The Morgan fingerprint density at radius 2 is 2.16 bits per heavy atom. The highest BCUT2D eigenvalue weighted by Gasteiger charge is 2.18. The third kappa shape index (κ3) is 4.18. The van der Waals surface area contributed by atoms with Crippen LogP contribution in [0, 0.1) is 12.8 Å². The van der Waals surface area contributed by atoms with Crippen molar-refractivity contribution in [2.24, 2.45) is 5.92 Å².